The van der Waals surface area contributed by atoms with Gasteiger partial charge in [0.1, 0.15) is 17.3 Å². The maximum atomic E-state index is 4.37. The number of rotatable bonds is 4. The molecule has 5 nitrogen and oxygen atoms in total. The number of anilines is 2. The highest BCUT2D eigenvalue weighted by Crippen LogP contribution is 2.23. The van der Waals surface area contributed by atoms with Crippen molar-refractivity contribution >= 4 is 11.6 Å². The molecule has 0 fully saturated rings. The second-order valence-corrected chi connectivity index (χ2v) is 5.30. The number of H-pyrrole nitrogens is 1. The van der Waals surface area contributed by atoms with E-state index in [1.54, 1.807) is 12.4 Å². The van der Waals surface area contributed by atoms with Crippen molar-refractivity contribution in [2.75, 3.05) is 5.32 Å². The number of hydrogen-bond acceptors (Lipinski definition) is 4. The van der Waals surface area contributed by atoms with Crippen LogP contribution in [0.25, 0.3) is 22.5 Å². The highest BCUT2D eigenvalue weighted by atomic mass is 15.2. The van der Waals surface area contributed by atoms with E-state index in [0.29, 0.717) is 0 Å². The molecule has 0 unspecified atom stereocenters. The summed E-state index contributed by atoms with van der Waals surface area (Å²) >= 11 is 0. The van der Waals surface area contributed by atoms with Crippen molar-refractivity contribution in [1.82, 2.24) is 20.2 Å². The van der Waals surface area contributed by atoms with E-state index in [1.165, 1.54) is 0 Å². The summed E-state index contributed by atoms with van der Waals surface area (Å²) in [6.45, 7) is 0. The van der Waals surface area contributed by atoms with Gasteiger partial charge in [-0.15, -0.1) is 0 Å². The standard InChI is InChI=1S/C19H15N5/c1-2-6-14(7-3-1)15-9-11-21-18(12-15)22-19-13-17(23-24-19)16-8-4-5-10-20-16/h1-13H,(H2,21,22,23,24). The Morgan fingerprint density at radius 1 is 0.708 bits per heavy atom. The molecule has 0 spiro atoms. The van der Waals surface area contributed by atoms with Gasteiger partial charge in [0, 0.05) is 18.5 Å². The second-order valence-electron chi connectivity index (χ2n) is 5.30. The first-order chi connectivity index (χ1) is 11.9. The lowest BCUT2D eigenvalue weighted by Gasteiger charge is -2.05. The lowest BCUT2D eigenvalue weighted by Crippen LogP contribution is -1.93. The molecule has 2 N–H and O–H groups in total. The van der Waals surface area contributed by atoms with Crippen LogP contribution in [0.5, 0.6) is 0 Å². The minimum absolute atomic E-state index is 0.757. The van der Waals surface area contributed by atoms with Crippen molar-refractivity contribution < 1.29 is 0 Å². The van der Waals surface area contributed by atoms with Crippen LogP contribution in [0, 0.1) is 0 Å². The number of aromatic amines is 1. The third kappa shape index (κ3) is 3.01. The molecule has 3 heterocycles. The average Bonchev–Trinajstić information content (AvgIpc) is 3.12. The van der Waals surface area contributed by atoms with E-state index >= 15 is 0 Å². The van der Waals surface area contributed by atoms with E-state index in [2.05, 4.69) is 37.6 Å². The Hall–Kier alpha value is -3.47. The van der Waals surface area contributed by atoms with Crippen molar-refractivity contribution in [3.05, 3.63) is 79.1 Å². The minimum Gasteiger partial charge on any atom is -0.325 e. The highest BCUT2D eigenvalue weighted by Gasteiger charge is 2.06. The summed E-state index contributed by atoms with van der Waals surface area (Å²) < 4.78 is 0. The summed E-state index contributed by atoms with van der Waals surface area (Å²) in [5.41, 5.74) is 3.88. The van der Waals surface area contributed by atoms with Crippen LogP contribution in [-0.2, 0) is 0 Å². The molecule has 0 aliphatic carbocycles. The Balaban J connectivity index is 1.57. The van der Waals surface area contributed by atoms with Crippen molar-refractivity contribution in [2.24, 2.45) is 0 Å². The van der Waals surface area contributed by atoms with Crippen molar-refractivity contribution in [2.45, 2.75) is 0 Å². The fourth-order valence-corrected chi connectivity index (χ4v) is 2.48. The number of nitrogens with one attached hydrogen (secondary N) is 2. The molecule has 4 aromatic rings. The maximum Gasteiger partial charge on any atom is 0.132 e. The van der Waals surface area contributed by atoms with Crippen LogP contribution in [0.1, 0.15) is 0 Å². The first-order valence-corrected chi connectivity index (χ1v) is 7.64. The Morgan fingerprint density at radius 3 is 2.42 bits per heavy atom. The fourth-order valence-electron chi connectivity index (χ4n) is 2.48. The third-order valence-corrected chi connectivity index (χ3v) is 3.63. The van der Waals surface area contributed by atoms with Gasteiger partial charge >= 0.3 is 0 Å². The first kappa shape index (κ1) is 14.1. The molecule has 116 valence electrons. The Labute approximate surface area is 139 Å². The smallest absolute Gasteiger partial charge is 0.132 e. The van der Waals surface area contributed by atoms with Crippen LogP contribution in [-0.4, -0.2) is 20.2 Å². The molecule has 0 saturated carbocycles. The summed E-state index contributed by atoms with van der Waals surface area (Å²) in [7, 11) is 0. The predicted octanol–water partition coefficient (Wildman–Crippen LogP) is 4.28. The van der Waals surface area contributed by atoms with Gasteiger partial charge in [0.15, 0.2) is 0 Å². The molecule has 0 amide bonds. The molecule has 0 bridgehead atoms. The lowest BCUT2D eigenvalue weighted by atomic mass is 10.1. The largest absolute Gasteiger partial charge is 0.325 e. The Morgan fingerprint density at radius 2 is 1.58 bits per heavy atom. The Kier molecular flexibility index (Phi) is 3.73. The van der Waals surface area contributed by atoms with Crippen LogP contribution in [0.2, 0.25) is 0 Å². The quantitative estimate of drug-likeness (QED) is 0.590. The van der Waals surface area contributed by atoms with Gasteiger partial charge in [-0.25, -0.2) is 4.98 Å². The topological polar surface area (TPSA) is 66.5 Å². The third-order valence-electron chi connectivity index (χ3n) is 3.63. The molecular weight excluding hydrogens is 298 g/mol. The predicted molar refractivity (Wildman–Crippen MR) is 94.8 cm³/mol. The normalized spacial score (nSPS) is 10.5. The van der Waals surface area contributed by atoms with Gasteiger partial charge in [0.2, 0.25) is 0 Å². The van der Waals surface area contributed by atoms with Gasteiger partial charge in [-0.2, -0.15) is 5.10 Å². The fraction of sp³-hybridized carbons (Fsp3) is 0. The van der Waals surface area contributed by atoms with Gasteiger partial charge < -0.3 is 5.32 Å². The summed E-state index contributed by atoms with van der Waals surface area (Å²) in [5.74, 6) is 1.53. The van der Waals surface area contributed by atoms with E-state index in [9.17, 15) is 0 Å². The van der Waals surface area contributed by atoms with Crippen molar-refractivity contribution in [1.29, 1.82) is 0 Å². The molecule has 5 heteroatoms. The molecule has 3 aromatic heterocycles. The number of nitrogens with zero attached hydrogens (tertiary/aromatic N) is 3. The van der Waals surface area contributed by atoms with Crippen LogP contribution in [0.4, 0.5) is 11.6 Å². The molecular formula is C19H15N5. The number of benzene rings is 1. The van der Waals surface area contributed by atoms with E-state index in [0.717, 1.165) is 34.2 Å². The first-order valence-electron chi connectivity index (χ1n) is 7.64. The molecule has 24 heavy (non-hydrogen) atoms. The van der Waals surface area contributed by atoms with Crippen LogP contribution in [0.15, 0.2) is 79.1 Å². The monoisotopic (exact) mass is 313 g/mol. The number of aromatic nitrogens is 4. The van der Waals surface area contributed by atoms with Crippen molar-refractivity contribution in [3.8, 4) is 22.5 Å². The maximum absolute atomic E-state index is 4.37. The van der Waals surface area contributed by atoms with Gasteiger partial charge in [-0.3, -0.25) is 10.1 Å². The molecule has 0 radical (unpaired) electrons. The van der Waals surface area contributed by atoms with Gasteiger partial charge in [-0.05, 0) is 35.4 Å². The second kappa shape index (κ2) is 6.34. The Bertz CT molecular complexity index is 932. The number of pyridine rings is 2. The highest BCUT2D eigenvalue weighted by molar-refractivity contribution is 5.68. The molecule has 1 aromatic carbocycles. The zero-order valence-corrected chi connectivity index (χ0v) is 12.8. The van der Waals surface area contributed by atoms with E-state index in [-0.39, 0.29) is 0 Å². The summed E-state index contributed by atoms with van der Waals surface area (Å²) in [6, 6.07) is 21.9. The SMILES string of the molecule is c1ccc(-c2ccnc(Nc3cc(-c4ccccn4)n[nH]3)c2)cc1. The lowest BCUT2D eigenvalue weighted by molar-refractivity contribution is 1.08. The molecule has 0 saturated heterocycles. The molecule has 0 atom stereocenters. The zero-order valence-electron chi connectivity index (χ0n) is 12.8. The summed E-state index contributed by atoms with van der Waals surface area (Å²) in [5, 5.41) is 10.5. The number of hydrogen-bond donors (Lipinski definition) is 2. The summed E-state index contributed by atoms with van der Waals surface area (Å²) in [6.07, 6.45) is 3.54. The van der Waals surface area contributed by atoms with Crippen molar-refractivity contribution in [3.63, 3.8) is 0 Å². The zero-order chi connectivity index (χ0) is 16.2. The average molecular weight is 313 g/mol. The van der Waals surface area contributed by atoms with E-state index in [1.807, 2.05) is 54.6 Å². The van der Waals surface area contributed by atoms with Gasteiger partial charge in [-0.1, -0.05) is 36.4 Å². The molecule has 0 aliphatic heterocycles. The van der Waals surface area contributed by atoms with E-state index in [4.69, 9.17) is 0 Å². The van der Waals surface area contributed by atoms with Crippen LogP contribution < -0.4 is 5.32 Å². The molecule has 0 aliphatic rings. The van der Waals surface area contributed by atoms with E-state index < -0.39 is 0 Å². The summed E-state index contributed by atoms with van der Waals surface area (Å²) in [4.78, 5) is 8.66. The van der Waals surface area contributed by atoms with Gasteiger partial charge in [0.25, 0.3) is 0 Å². The molecule has 4 rings (SSSR count). The van der Waals surface area contributed by atoms with Gasteiger partial charge in [0.05, 0.1) is 5.69 Å². The minimum atomic E-state index is 0.757. The van der Waals surface area contributed by atoms with Crippen LogP contribution >= 0.6 is 0 Å². The van der Waals surface area contributed by atoms with Crippen LogP contribution in [0.3, 0.4) is 0 Å².